The van der Waals surface area contributed by atoms with Crippen molar-refractivity contribution in [3.8, 4) is 0 Å². The van der Waals surface area contributed by atoms with Crippen LogP contribution in [-0.2, 0) is 6.42 Å². The van der Waals surface area contributed by atoms with Crippen LogP contribution in [0.5, 0.6) is 0 Å². The van der Waals surface area contributed by atoms with Crippen LogP contribution in [0.2, 0.25) is 5.02 Å². The summed E-state index contributed by atoms with van der Waals surface area (Å²) in [4.78, 5) is 0. The smallest absolute Gasteiger partial charge is 0.0640 e. The summed E-state index contributed by atoms with van der Waals surface area (Å²) >= 11 is 6.28. The molecule has 0 aliphatic carbocycles. The number of halogens is 1. The van der Waals surface area contributed by atoms with Gasteiger partial charge in [-0.25, -0.2) is 0 Å². The Balaban J connectivity index is 2.13. The minimum Gasteiger partial charge on any atom is -0.399 e. The summed E-state index contributed by atoms with van der Waals surface area (Å²) in [6.07, 6.45) is 0.863. The Bertz CT molecular complexity index is 547. The van der Waals surface area contributed by atoms with Crippen molar-refractivity contribution < 1.29 is 0 Å². The van der Waals surface area contributed by atoms with E-state index in [0.29, 0.717) is 6.04 Å². The van der Waals surface area contributed by atoms with E-state index in [4.69, 9.17) is 17.3 Å². The van der Waals surface area contributed by atoms with Gasteiger partial charge in [0.05, 0.1) is 10.7 Å². The van der Waals surface area contributed by atoms with E-state index >= 15 is 0 Å². The first-order chi connectivity index (χ1) is 9.04. The van der Waals surface area contributed by atoms with Gasteiger partial charge in [-0.2, -0.15) is 0 Å². The molecule has 0 heterocycles. The zero-order chi connectivity index (χ0) is 13.8. The number of hydrogen-bond donors (Lipinski definition) is 2. The average Bonchev–Trinajstić information content (AvgIpc) is 2.35. The second kappa shape index (κ2) is 5.98. The van der Waals surface area contributed by atoms with Gasteiger partial charge in [0.2, 0.25) is 0 Å². The predicted octanol–water partition coefficient (Wildman–Crippen LogP) is 4.33. The third-order valence-electron chi connectivity index (χ3n) is 2.87. The molecule has 0 amide bonds. The Morgan fingerprint density at radius 1 is 1.05 bits per heavy atom. The molecule has 0 unspecified atom stereocenters. The molecule has 0 aromatic heterocycles. The van der Waals surface area contributed by atoms with E-state index in [9.17, 15) is 0 Å². The van der Waals surface area contributed by atoms with Crippen molar-refractivity contribution in [1.29, 1.82) is 0 Å². The highest BCUT2D eigenvalue weighted by molar-refractivity contribution is 6.33. The van der Waals surface area contributed by atoms with Gasteiger partial charge in [-0.3, -0.25) is 0 Å². The van der Waals surface area contributed by atoms with E-state index in [1.807, 2.05) is 36.4 Å². The number of rotatable bonds is 4. The largest absolute Gasteiger partial charge is 0.399 e. The van der Waals surface area contributed by atoms with E-state index < -0.39 is 0 Å². The van der Waals surface area contributed by atoms with Crippen molar-refractivity contribution in [1.82, 2.24) is 0 Å². The van der Waals surface area contributed by atoms with Gasteiger partial charge in [0, 0.05) is 11.7 Å². The second-order valence-electron chi connectivity index (χ2n) is 5.03. The minimum absolute atomic E-state index is 0.375. The fraction of sp³-hybridized carbons (Fsp3) is 0.250. The molecule has 0 spiro atoms. The topological polar surface area (TPSA) is 38.0 Å². The molecule has 19 heavy (non-hydrogen) atoms. The molecule has 0 aliphatic heterocycles. The summed E-state index contributed by atoms with van der Waals surface area (Å²) in [5.74, 6) is 0. The van der Waals surface area contributed by atoms with Crippen LogP contribution in [0.15, 0.2) is 42.5 Å². The highest BCUT2D eigenvalue weighted by atomic mass is 35.5. The van der Waals surface area contributed by atoms with Crippen LogP contribution in [0.25, 0.3) is 0 Å². The van der Waals surface area contributed by atoms with Gasteiger partial charge in [0.25, 0.3) is 0 Å². The van der Waals surface area contributed by atoms with Gasteiger partial charge >= 0.3 is 0 Å². The summed E-state index contributed by atoms with van der Waals surface area (Å²) < 4.78 is 0. The van der Waals surface area contributed by atoms with Gasteiger partial charge in [-0.05, 0) is 55.7 Å². The number of hydrogen-bond acceptors (Lipinski definition) is 2. The summed E-state index contributed by atoms with van der Waals surface area (Å²) in [5.41, 5.74) is 9.88. The van der Waals surface area contributed by atoms with Crippen molar-refractivity contribution in [3.63, 3.8) is 0 Å². The number of nitrogens with two attached hydrogens (primary N) is 1. The zero-order valence-corrected chi connectivity index (χ0v) is 12.0. The van der Waals surface area contributed by atoms with E-state index in [0.717, 1.165) is 22.8 Å². The highest BCUT2D eigenvalue weighted by Gasteiger charge is 2.04. The van der Waals surface area contributed by atoms with Gasteiger partial charge in [-0.1, -0.05) is 29.8 Å². The molecule has 2 aromatic rings. The van der Waals surface area contributed by atoms with E-state index in [1.54, 1.807) is 0 Å². The molecule has 0 atom stereocenters. The van der Waals surface area contributed by atoms with Gasteiger partial charge in [-0.15, -0.1) is 0 Å². The summed E-state index contributed by atoms with van der Waals surface area (Å²) in [6.45, 7) is 4.19. The molecule has 100 valence electrons. The van der Waals surface area contributed by atoms with Crippen LogP contribution in [0.4, 0.5) is 11.4 Å². The van der Waals surface area contributed by atoms with E-state index in [-0.39, 0.29) is 0 Å². The van der Waals surface area contributed by atoms with Crippen LogP contribution in [-0.4, -0.2) is 6.04 Å². The Kier molecular flexibility index (Phi) is 4.33. The number of benzene rings is 2. The third-order valence-corrected chi connectivity index (χ3v) is 3.18. The molecular formula is C16H19ClN2. The molecule has 2 nitrogen and oxygen atoms in total. The first-order valence-electron chi connectivity index (χ1n) is 6.44. The normalized spacial score (nSPS) is 10.7. The summed E-state index contributed by atoms with van der Waals surface area (Å²) in [6, 6.07) is 14.5. The monoisotopic (exact) mass is 274 g/mol. The van der Waals surface area contributed by atoms with Gasteiger partial charge in [0.15, 0.2) is 0 Å². The Morgan fingerprint density at radius 2 is 1.68 bits per heavy atom. The van der Waals surface area contributed by atoms with Crippen LogP contribution in [0, 0.1) is 0 Å². The fourth-order valence-electron chi connectivity index (χ4n) is 1.97. The predicted molar refractivity (Wildman–Crippen MR) is 83.9 cm³/mol. The quantitative estimate of drug-likeness (QED) is 0.814. The second-order valence-corrected chi connectivity index (χ2v) is 5.44. The maximum absolute atomic E-state index is 6.28. The fourth-order valence-corrected chi connectivity index (χ4v) is 2.23. The number of anilines is 2. The van der Waals surface area contributed by atoms with Crippen molar-refractivity contribution >= 4 is 23.0 Å². The van der Waals surface area contributed by atoms with Crippen molar-refractivity contribution in [2.45, 2.75) is 26.3 Å². The molecule has 0 bridgehead atoms. The molecule has 2 aromatic carbocycles. The third kappa shape index (κ3) is 3.90. The average molecular weight is 275 g/mol. The Morgan fingerprint density at radius 3 is 2.26 bits per heavy atom. The Hall–Kier alpha value is -1.67. The summed E-state index contributed by atoms with van der Waals surface area (Å²) in [5, 5.41) is 4.09. The standard InChI is InChI=1S/C16H19ClN2/c1-11(2)19-16-8-5-13(10-15(16)17)9-12-3-6-14(18)7-4-12/h3-8,10-11,19H,9,18H2,1-2H3. The highest BCUT2D eigenvalue weighted by Crippen LogP contribution is 2.25. The minimum atomic E-state index is 0.375. The van der Waals surface area contributed by atoms with Crippen LogP contribution >= 0.6 is 11.6 Å². The molecule has 0 radical (unpaired) electrons. The lowest BCUT2D eigenvalue weighted by Gasteiger charge is -2.13. The van der Waals surface area contributed by atoms with Crippen LogP contribution in [0.1, 0.15) is 25.0 Å². The van der Waals surface area contributed by atoms with Gasteiger partial charge in [0.1, 0.15) is 0 Å². The van der Waals surface area contributed by atoms with Crippen LogP contribution in [0.3, 0.4) is 0 Å². The first kappa shape index (κ1) is 13.8. The van der Waals surface area contributed by atoms with E-state index in [1.165, 1.54) is 11.1 Å². The van der Waals surface area contributed by atoms with Crippen molar-refractivity contribution in [2.75, 3.05) is 11.1 Å². The molecule has 3 heteroatoms. The molecule has 0 saturated heterocycles. The summed E-state index contributed by atoms with van der Waals surface area (Å²) in [7, 11) is 0. The lowest BCUT2D eigenvalue weighted by atomic mass is 10.0. The van der Waals surface area contributed by atoms with Crippen molar-refractivity contribution in [3.05, 3.63) is 58.6 Å². The van der Waals surface area contributed by atoms with Crippen molar-refractivity contribution in [2.24, 2.45) is 0 Å². The molecule has 0 fully saturated rings. The lowest BCUT2D eigenvalue weighted by Crippen LogP contribution is -2.10. The zero-order valence-electron chi connectivity index (χ0n) is 11.3. The molecule has 2 rings (SSSR count). The first-order valence-corrected chi connectivity index (χ1v) is 6.82. The number of nitrogens with one attached hydrogen (secondary N) is 1. The van der Waals surface area contributed by atoms with Gasteiger partial charge < -0.3 is 11.1 Å². The molecular weight excluding hydrogens is 256 g/mol. The lowest BCUT2D eigenvalue weighted by molar-refractivity contribution is 0.899. The molecule has 3 N–H and O–H groups in total. The Labute approximate surface area is 119 Å². The van der Waals surface area contributed by atoms with Crippen LogP contribution < -0.4 is 11.1 Å². The molecule has 0 aliphatic rings. The maximum atomic E-state index is 6.28. The van der Waals surface area contributed by atoms with E-state index in [2.05, 4.69) is 25.2 Å². The molecule has 0 saturated carbocycles. The number of nitrogen functional groups attached to an aromatic ring is 1. The maximum Gasteiger partial charge on any atom is 0.0640 e. The SMILES string of the molecule is CC(C)Nc1ccc(Cc2ccc(N)cc2)cc1Cl.